The zero-order chi connectivity index (χ0) is 15.5. The van der Waals surface area contributed by atoms with Crippen LogP contribution in [0.25, 0.3) is 10.9 Å². The van der Waals surface area contributed by atoms with E-state index >= 15 is 0 Å². The maximum atomic E-state index is 13.9. The number of esters is 1. The van der Waals surface area contributed by atoms with Gasteiger partial charge in [0.25, 0.3) is 0 Å². The van der Waals surface area contributed by atoms with Crippen molar-refractivity contribution in [2.45, 2.75) is 12.5 Å². The number of methoxy groups -OCH3 is 1. The molecule has 0 spiro atoms. The number of pyridine rings is 1. The summed E-state index contributed by atoms with van der Waals surface area (Å²) in [4.78, 5) is 17.6. The van der Waals surface area contributed by atoms with Crippen molar-refractivity contribution in [3.05, 3.63) is 36.3 Å². The average Bonchev–Trinajstić information content (AvgIpc) is 2.55. The number of carbonyl (C=O) groups is 1. The normalized spacial score (nSPS) is 18.5. The number of anilines is 1. The van der Waals surface area contributed by atoms with Gasteiger partial charge in [-0.1, -0.05) is 12.1 Å². The Bertz CT molecular complexity index is 692. The van der Waals surface area contributed by atoms with Gasteiger partial charge in [-0.2, -0.15) is 0 Å². The van der Waals surface area contributed by atoms with E-state index in [9.17, 15) is 9.18 Å². The molecule has 3 rings (SSSR count). The van der Waals surface area contributed by atoms with Crippen LogP contribution in [0.5, 0.6) is 0 Å². The Labute approximate surface area is 127 Å². The van der Waals surface area contributed by atoms with Crippen molar-refractivity contribution in [2.24, 2.45) is 0 Å². The number of nitrogens with zero attached hydrogens (tertiary/aromatic N) is 2. The lowest BCUT2D eigenvalue weighted by Gasteiger charge is -2.34. The van der Waals surface area contributed by atoms with Crippen LogP contribution in [0.4, 0.5) is 10.1 Å². The predicted octanol–water partition coefficient (Wildman–Crippen LogP) is 2.14. The Morgan fingerprint density at radius 3 is 3.18 bits per heavy atom. The molecule has 6 heteroatoms. The molecule has 1 aliphatic heterocycles. The van der Waals surface area contributed by atoms with Crippen LogP contribution in [0.1, 0.15) is 6.42 Å². The van der Waals surface area contributed by atoms with Crippen molar-refractivity contribution in [2.75, 3.05) is 31.7 Å². The second kappa shape index (κ2) is 6.27. The third kappa shape index (κ3) is 2.87. The maximum Gasteiger partial charge on any atom is 0.308 e. The van der Waals surface area contributed by atoms with E-state index in [-0.39, 0.29) is 24.3 Å². The van der Waals surface area contributed by atoms with E-state index < -0.39 is 0 Å². The Morgan fingerprint density at radius 2 is 2.36 bits per heavy atom. The number of para-hydroxylation sites is 1. The topological polar surface area (TPSA) is 51.7 Å². The molecule has 1 aromatic heterocycles. The summed E-state index contributed by atoms with van der Waals surface area (Å²) in [5.74, 6) is -0.629. The van der Waals surface area contributed by atoms with Crippen molar-refractivity contribution >= 4 is 22.6 Å². The Hall–Kier alpha value is -2.21. The largest absolute Gasteiger partial charge is 0.469 e. The first-order valence-corrected chi connectivity index (χ1v) is 7.15. The molecule has 0 aliphatic carbocycles. The Balaban J connectivity index is 1.87. The molecule has 2 heterocycles. The van der Waals surface area contributed by atoms with E-state index in [0.717, 1.165) is 11.1 Å². The number of ether oxygens (including phenoxy) is 2. The van der Waals surface area contributed by atoms with Crippen LogP contribution in [-0.4, -0.2) is 43.9 Å². The summed E-state index contributed by atoms with van der Waals surface area (Å²) in [6.07, 6.45) is 1.59. The maximum absolute atomic E-state index is 13.9. The van der Waals surface area contributed by atoms with Gasteiger partial charge in [0.2, 0.25) is 0 Å². The minimum atomic E-state index is -0.335. The van der Waals surface area contributed by atoms with Gasteiger partial charge in [0.15, 0.2) is 0 Å². The number of rotatable bonds is 3. The first-order valence-electron chi connectivity index (χ1n) is 7.15. The lowest BCUT2D eigenvalue weighted by molar-refractivity contribution is -0.144. The number of morpholine rings is 1. The Morgan fingerprint density at radius 1 is 1.50 bits per heavy atom. The van der Waals surface area contributed by atoms with Gasteiger partial charge >= 0.3 is 5.97 Å². The SMILES string of the molecule is COC(=O)C[C@H]1CN(c2ccnc3c(F)cccc23)CCO1. The van der Waals surface area contributed by atoms with Crippen LogP contribution in [0.2, 0.25) is 0 Å². The molecule has 2 aromatic rings. The van der Waals surface area contributed by atoms with Gasteiger partial charge in [-0.15, -0.1) is 0 Å². The number of hydrogen-bond donors (Lipinski definition) is 0. The van der Waals surface area contributed by atoms with Gasteiger partial charge in [0, 0.05) is 30.4 Å². The summed E-state index contributed by atoms with van der Waals surface area (Å²) >= 11 is 0. The van der Waals surface area contributed by atoms with E-state index in [1.807, 2.05) is 12.1 Å². The fraction of sp³-hybridized carbons (Fsp3) is 0.375. The van der Waals surface area contributed by atoms with Crippen molar-refractivity contribution in [1.82, 2.24) is 4.98 Å². The van der Waals surface area contributed by atoms with Crippen molar-refractivity contribution in [3.8, 4) is 0 Å². The molecule has 1 aliphatic rings. The Kier molecular flexibility index (Phi) is 4.20. The monoisotopic (exact) mass is 304 g/mol. The molecule has 22 heavy (non-hydrogen) atoms. The number of aromatic nitrogens is 1. The minimum absolute atomic E-state index is 0.213. The van der Waals surface area contributed by atoms with Crippen molar-refractivity contribution < 1.29 is 18.7 Å². The lowest BCUT2D eigenvalue weighted by atomic mass is 10.1. The van der Waals surface area contributed by atoms with Gasteiger partial charge in [-0.25, -0.2) is 4.39 Å². The number of hydrogen-bond acceptors (Lipinski definition) is 5. The van der Waals surface area contributed by atoms with Crippen LogP contribution >= 0.6 is 0 Å². The second-order valence-corrected chi connectivity index (χ2v) is 5.19. The van der Waals surface area contributed by atoms with Crippen LogP contribution < -0.4 is 4.90 Å². The third-order valence-corrected chi connectivity index (χ3v) is 3.80. The van der Waals surface area contributed by atoms with Gasteiger partial charge in [0.05, 0.1) is 26.2 Å². The van der Waals surface area contributed by atoms with Gasteiger partial charge < -0.3 is 14.4 Å². The summed E-state index contributed by atoms with van der Waals surface area (Å²) < 4.78 is 24.1. The summed E-state index contributed by atoms with van der Waals surface area (Å²) in [6, 6.07) is 6.79. The molecule has 1 saturated heterocycles. The summed E-state index contributed by atoms with van der Waals surface area (Å²) in [5, 5.41) is 0.765. The van der Waals surface area contributed by atoms with Gasteiger partial charge in [-0.3, -0.25) is 9.78 Å². The van der Waals surface area contributed by atoms with Crippen LogP contribution in [0.15, 0.2) is 30.5 Å². The molecule has 116 valence electrons. The highest BCUT2D eigenvalue weighted by Gasteiger charge is 2.24. The first-order chi connectivity index (χ1) is 10.7. The van der Waals surface area contributed by atoms with E-state index in [1.165, 1.54) is 13.2 Å². The van der Waals surface area contributed by atoms with Crippen LogP contribution in [0, 0.1) is 5.82 Å². The summed E-state index contributed by atoms with van der Waals surface area (Å²) in [7, 11) is 1.36. The number of carbonyl (C=O) groups excluding carboxylic acids is 1. The van der Waals surface area contributed by atoms with Gasteiger partial charge in [0.1, 0.15) is 11.3 Å². The number of halogens is 1. The standard InChI is InChI=1S/C16H17FN2O3/c1-21-15(20)9-11-10-19(7-8-22-11)14-5-6-18-16-12(14)3-2-4-13(16)17/h2-6,11H,7-10H2,1H3/t11-/m0/s1. The first kappa shape index (κ1) is 14.7. The molecule has 0 N–H and O–H groups in total. The zero-order valence-electron chi connectivity index (χ0n) is 12.3. The second-order valence-electron chi connectivity index (χ2n) is 5.19. The summed E-state index contributed by atoms with van der Waals surface area (Å²) in [5.41, 5.74) is 1.26. The molecular formula is C16H17FN2O3. The van der Waals surface area contributed by atoms with Crippen molar-refractivity contribution in [3.63, 3.8) is 0 Å². The quantitative estimate of drug-likeness (QED) is 0.813. The molecule has 1 fully saturated rings. The van der Waals surface area contributed by atoms with E-state index in [4.69, 9.17) is 4.74 Å². The van der Waals surface area contributed by atoms with Gasteiger partial charge in [-0.05, 0) is 12.1 Å². The van der Waals surface area contributed by atoms with E-state index in [0.29, 0.717) is 25.2 Å². The highest BCUT2D eigenvalue weighted by molar-refractivity contribution is 5.91. The van der Waals surface area contributed by atoms with Crippen LogP contribution in [-0.2, 0) is 14.3 Å². The lowest BCUT2D eigenvalue weighted by Crippen LogP contribution is -2.43. The van der Waals surface area contributed by atoms with Crippen LogP contribution in [0.3, 0.4) is 0 Å². The minimum Gasteiger partial charge on any atom is -0.469 e. The number of benzene rings is 1. The molecule has 0 unspecified atom stereocenters. The molecule has 5 nitrogen and oxygen atoms in total. The molecular weight excluding hydrogens is 287 g/mol. The molecule has 0 bridgehead atoms. The molecule has 0 radical (unpaired) electrons. The van der Waals surface area contributed by atoms with Crippen molar-refractivity contribution in [1.29, 1.82) is 0 Å². The highest BCUT2D eigenvalue weighted by Crippen LogP contribution is 2.28. The molecule has 0 saturated carbocycles. The third-order valence-electron chi connectivity index (χ3n) is 3.80. The fourth-order valence-electron chi connectivity index (χ4n) is 2.73. The molecule has 0 amide bonds. The predicted molar refractivity (Wildman–Crippen MR) is 80.3 cm³/mol. The zero-order valence-corrected chi connectivity index (χ0v) is 12.3. The summed E-state index contributed by atoms with van der Waals surface area (Å²) in [6.45, 7) is 1.76. The number of fused-ring (bicyclic) bond motifs is 1. The van der Waals surface area contributed by atoms with E-state index in [2.05, 4.69) is 14.6 Å². The molecule has 1 aromatic carbocycles. The molecule has 1 atom stereocenters. The van der Waals surface area contributed by atoms with E-state index in [1.54, 1.807) is 12.3 Å². The highest BCUT2D eigenvalue weighted by atomic mass is 19.1. The average molecular weight is 304 g/mol. The smallest absolute Gasteiger partial charge is 0.308 e. The fourth-order valence-corrected chi connectivity index (χ4v) is 2.73.